The van der Waals surface area contributed by atoms with E-state index in [1.807, 2.05) is 6.07 Å². The highest BCUT2D eigenvalue weighted by molar-refractivity contribution is 7.89. The molecule has 8 heteroatoms. The van der Waals surface area contributed by atoms with Crippen molar-refractivity contribution >= 4 is 15.9 Å². The minimum Gasteiger partial charge on any atom is -0.496 e. The van der Waals surface area contributed by atoms with Crippen LogP contribution in [-0.2, 0) is 16.6 Å². The first-order valence-electron chi connectivity index (χ1n) is 9.28. The number of sulfonamides is 1. The van der Waals surface area contributed by atoms with E-state index in [1.165, 1.54) is 29.6 Å². The quantitative estimate of drug-likeness (QED) is 0.800. The molecular weight excluding hydrogens is 378 g/mol. The van der Waals surface area contributed by atoms with Crippen molar-refractivity contribution in [3.8, 4) is 5.75 Å². The summed E-state index contributed by atoms with van der Waals surface area (Å²) in [5.41, 5.74) is 0.894. The number of ether oxygens (including phenoxy) is 1. The Hall–Kier alpha value is -2.45. The fraction of sp³-hybridized carbons (Fsp3) is 0.400. The maximum absolute atomic E-state index is 13.0. The lowest BCUT2D eigenvalue weighted by Gasteiger charge is -2.29. The van der Waals surface area contributed by atoms with E-state index in [1.54, 1.807) is 18.3 Å². The SMILES string of the molecule is COc1ccc(S(=O)(=O)N2CCC(C)CC2)cc1C(=O)NCc1ccccn1. The first-order valence-corrected chi connectivity index (χ1v) is 10.7. The lowest BCUT2D eigenvalue weighted by Crippen LogP contribution is -2.38. The van der Waals surface area contributed by atoms with Gasteiger partial charge in [0.15, 0.2) is 0 Å². The van der Waals surface area contributed by atoms with Gasteiger partial charge in [0, 0.05) is 19.3 Å². The molecule has 1 amide bonds. The van der Waals surface area contributed by atoms with E-state index >= 15 is 0 Å². The van der Waals surface area contributed by atoms with Crippen molar-refractivity contribution in [3.05, 3.63) is 53.9 Å². The van der Waals surface area contributed by atoms with Gasteiger partial charge in [0.05, 0.1) is 29.8 Å². The molecule has 1 aliphatic rings. The zero-order valence-electron chi connectivity index (χ0n) is 16.1. The van der Waals surface area contributed by atoms with Gasteiger partial charge in [0.25, 0.3) is 5.91 Å². The maximum Gasteiger partial charge on any atom is 0.255 e. The van der Waals surface area contributed by atoms with Crippen LogP contribution in [-0.4, -0.2) is 43.8 Å². The van der Waals surface area contributed by atoms with Crippen LogP contribution in [0.15, 0.2) is 47.5 Å². The summed E-state index contributed by atoms with van der Waals surface area (Å²) in [6.07, 6.45) is 3.33. The highest BCUT2D eigenvalue weighted by Crippen LogP contribution is 2.27. The number of hydrogen-bond donors (Lipinski definition) is 1. The fourth-order valence-corrected chi connectivity index (χ4v) is 4.66. The van der Waals surface area contributed by atoms with Gasteiger partial charge in [-0.15, -0.1) is 0 Å². The number of piperidine rings is 1. The van der Waals surface area contributed by atoms with Crippen LogP contribution in [0.3, 0.4) is 0 Å². The van der Waals surface area contributed by atoms with E-state index in [4.69, 9.17) is 4.74 Å². The van der Waals surface area contributed by atoms with Crippen molar-refractivity contribution in [2.24, 2.45) is 5.92 Å². The van der Waals surface area contributed by atoms with E-state index < -0.39 is 15.9 Å². The summed E-state index contributed by atoms with van der Waals surface area (Å²) in [7, 11) is -2.20. The molecule has 0 atom stereocenters. The Kier molecular flexibility index (Phi) is 6.31. The molecule has 1 fully saturated rings. The topological polar surface area (TPSA) is 88.6 Å². The van der Waals surface area contributed by atoms with E-state index in [2.05, 4.69) is 17.2 Å². The molecule has 1 aromatic heterocycles. The molecule has 1 saturated heterocycles. The summed E-state index contributed by atoms with van der Waals surface area (Å²) in [6, 6.07) is 9.83. The average molecular weight is 404 g/mol. The van der Waals surface area contributed by atoms with Crippen molar-refractivity contribution in [1.29, 1.82) is 0 Å². The van der Waals surface area contributed by atoms with Crippen molar-refractivity contribution < 1.29 is 17.9 Å². The van der Waals surface area contributed by atoms with Crippen LogP contribution in [0.25, 0.3) is 0 Å². The molecule has 2 aromatic rings. The molecule has 150 valence electrons. The minimum absolute atomic E-state index is 0.103. The molecule has 0 spiro atoms. The molecule has 1 aromatic carbocycles. The second kappa shape index (κ2) is 8.70. The van der Waals surface area contributed by atoms with Crippen LogP contribution < -0.4 is 10.1 Å². The molecular formula is C20H25N3O4S. The summed E-state index contributed by atoms with van der Waals surface area (Å²) in [5.74, 6) is 0.437. The smallest absolute Gasteiger partial charge is 0.255 e. The second-order valence-corrected chi connectivity index (χ2v) is 8.89. The second-order valence-electron chi connectivity index (χ2n) is 6.95. The average Bonchev–Trinajstić information content (AvgIpc) is 2.72. The summed E-state index contributed by atoms with van der Waals surface area (Å²) in [5, 5.41) is 2.76. The van der Waals surface area contributed by atoms with Crippen LogP contribution in [0, 0.1) is 5.92 Å². The summed E-state index contributed by atoms with van der Waals surface area (Å²) < 4.78 is 32.7. The number of amides is 1. The molecule has 0 unspecified atom stereocenters. The van der Waals surface area contributed by atoms with Gasteiger partial charge >= 0.3 is 0 Å². The zero-order valence-corrected chi connectivity index (χ0v) is 16.9. The van der Waals surface area contributed by atoms with E-state index in [0.717, 1.165) is 12.8 Å². The Labute approximate surface area is 165 Å². The lowest BCUT2D eigenvalue weighted by molar-refractivity contribution is 0.0947. The minimum atomic E-state index is -3.65. The van der Waals surface area contributed by atoms with Crippen molar-refractivity contribution in [2.75, 3.05) is 20.2 Å². The molecule has 0 radical (unpaired) electrons. The fourth-order valence-electron chi connectivity index (χ4n) is 3.17. The number of benzene rings is 1. The number of nitrogens with one attached hydrogen (secondary N) is 1. The molecule has 1 N–H and O–H groups in total. The van der Waals surface area contributed by atoms with Gasteiger partial charge in [0.1, 0.15) is 5.75 Å². The molecule has 2 heterocycles. The third kappa shape index (κ3) is 4.51. The van der Waals surface area contributed by atoms with Gasteiger partial charge in [-0.1, -0.05) is 13.0 Å². The van der Waals surface area contributed by atoms with Gasteiger partial charge in [-0.05, 0) is 49.1 Å². The number of rotatable bonds is 6. The van der Waals surface area contributed by atoms with Gasteiger partial charge < -0.3 is 10.1 Å². The predicted molar refractivity (Wildman–Crippen MR) is 106 cm³/mol. The molecule has 0 aliphatic carbocycles. The maximum atomic E-state index is 13.0. The molecule has 0 bridgehead atoms. The van der Waals surface area contributed by atoms with Crippen LogP contribution in [0.2, 0.25) is 0 Å². The number of carbonyl (C=O) groups excluding carboxylic acids is 1. The summed E-state index contributed by atoms with van der Waals surface area (Å²) in [4.78, 5) is 16.9. The number of hydrogen-bond acceptors (Lipinski definition) is 5. The first-order chi connectivity index (χ1) is 13.4. The van der Waals surface area contributed by atoms with Gasteiger partial charge in [-0.3, -0.25) is 9.78 Å². The highest BCUT2D eigenvalue weighted by atomic mass is 32.2. The Morgan fingerprint density at radius 2 is 2.00 bits per heavy atom. The number of carbonyl (C=O) groups is 1. The summed E-state index contributed by atoms with van der Waals surface area (Å²) in [6.45, 7) is 3.36. The summed E-state index contributed by atoms with van der Waals surface area (Å²) >= 11 is 0. The van der Waals surface area contributed by atoms with Crippen LogP contribution in [0.1, 0.15) is 35.8 Å². The molecule has 28 heavy (non-hydrogen) atoms. The monoisotopic (exact) mass is 403 g/mol. The third-order valence-corrected chi connectivity index (χ3v) is 6.85. The number of aromatic nitrogens is 1. The molecule has 0 saturated carbocycles. The standard InChI is InChI=1S/C20H25N3O4S/c1-15-8-11-23(12-9-15)28(25,26)17-6-7-19(27-2)18(13-17)20(24)22-14-16-5-3-4-10-21-16/h3-7,10,13,15H,8-9,11-12,14H2,1-2H3,(H,22,24). The van der Waals surface area contributed by atoms with Crippen molar-refractivity contribution in [1.82, 2.24) is 14.6 Å². The predicted octanol–water partition coefficient (Wildman–Crippen LogP) is 2.44. The van der Waals surface area contributed by atoms with Gasteiger partial charge in [0.2, 0.25) is 10.0 Å². The normalized spacial score (nSPS) is 15.9. The van der Waals surface area contributed by atoms with Crippen LogP contribution in [0.5, 0.6) is 5.75 Å². The molecule has 3 rings (SSSR count). The Bertz CT molecular complexity index is 924. The van der Waals surface area contributed by atoms with Crippen LogP contribution >= 0.6 is 0 Å². The Balaban J connectivity index is 1.82. The Morgan fingerprint density at radius 1 is 1.25 bits per heavy atom. The van der Waals surface area contributed by atoms with Crippen molar-refractivity contribution in [3.63, 3.8) is 0 Å². The van der Waals surface area contributed by atoms with E-state index in [-0.39, 0.29) is 17.0 Å². The number of nitrogens with zero attached hydrogens (tertiary/aromatic N) is 2. The van der Waals surface area contributed by atoms with Gasteiger partial charge in [-0.25, -0.2) is 8.42 Å². The number of methoxy groups -OCH3 is 1. The highest BCUT2D eigenvalue weighted by Gasteiger charge is 2.29. The largest absolute Gasteiger partial charge is 0.496 e. The van der Waals surface area contributed by atoms with Crippen molar-refractivity contribution in [2.45, 2.75) is 31.2 Å². The van der Waals surface area contributed by atoms with Crippen LogP contribution in [0.4, 0.5) is 0 Å². The first kappa shape index (κ1) is 20.3. The van der Waals surface area contributed by atoms with Gasteiger partial charge in [-0.2, -0.15) is 4.31 Å². The zero-order chi connectivity index (χ0) is 20.1. The van der Waals surface area contributed by atoms with E-state index in [0.29, 0.717) is 30.5 Å². The Morgan fingerprint density at radius 3 is 2.64 bits per heavy atom. The molecule has 1 aliphatic heterocycles. The number of pyridine rings is 1. The molecule has 7 nitrogen and oxygen atoms in total. The lowest BCUT2D eigenvalue weighted by atomic mass is 10.0. The third-order valence-electron chi connectivity index (χ3n) is 4.95. The van der Waals surface area contributed by atoms with E-state index in [9.17, 15) is 13.2 Å².